The molecule has 2 aromatic rings. The number of carbonyl (C=O) groups excluding carboxylic acids is 2. The van der Waals surface area contributed by atoms with Crippen LogP contribution < -0.4 is 10.6 Å². The van der Waals surface area contributed by atoms with E-state index in [1.807, 2.05) is 0 Å². The number of anilines is 1. The highest BCUT2D eigenvalue weighted by atomic mass is 32.1. The highest BCUT2D eigenvalue weighted by molar-refractivity contribution is 7.10. The first-order valence-corrected chi connectivity index (χ1v) is 8.58. The van der Waals surface area contributed by atoms with Crippen molar-refractivity contribution in [3.8, 4) is 0 Å². The number of likely N-dealkylation sites (N-methyl/N-ethyl adjacent to an activating group) is 1. The molecule has 0 spiro atoms. The van der Waals surface area contributed by atoms with Crippen LogP contribution in [0.4, 0.5) is 23.7 Å². The fraction of sp³-hybridized carbons (Fsp3) is 0.294. The van der Waals surface area contributed by atoms with E-state index in [9.17, 15) is 22.8 Å². The second-order valence-electron chi connectivity index (χ2n) is 6.17. The van der Waals surface area contributed by atoms with E-state index in [1.54, 1.807) is 31.2 Å². The minimum atomic E-state index is -4.33. The fourth-order valence-electron chi connectivity index (χ4n) is 2.72. The monoisotopic (exact) mass is 383 g/mol. The largest absolute Gasteiger partial charge is 0.425 e. The Morgan fingerprint density at radius 2 is 1.88 bits per heavy atom. The summed E-state index contributed by atoms with van der Waals surface area (Å²) in [5.41, 5.74) is 0.736. The van der Waals surface area contributed by atoms with E-state index in [0.717, 1.165) is 11.0 Å². The molecule has 2 N–H and O–H groups in total. The van der Waals surface area contributed by atoms with Crippen molar-refractivity contribution in [3.05, 3.63) is 51.7 Å². The van der Waals surface area contributed by atoms with Gasteiger partial charge < -0.3 is 10.6 Å². The van der Waals surface area contributed by atoms with Crippen molar-refractivity contribution in [3.63, 3.8) is 0 Å². The van der Waals surface area contributed by atoms with E-state index in [0.29, 0.717) is 28.2 Å². The number of halogens is 3. The summed E-state index contributed by atoms with van der Waals surface area (Å²) in [6, 6.07) is 7.50. The van der Waals surface area contributed by atoms with Crippen LogP contribution in [-0.4, -0.2) is 23.9 Å². The summed E-state index contributed by atoms with van der Waals surface area (Å²) in [6.45, 7) is 1.88. The lowest BCUT2D eigenvalue weighted by atomic mass is 9.92. The van der Waals surface area contributed by atoms with Crippen LogP contribution in [0, 0.1) is 0 Å². The molecule has 3 amide bonds. The maximum atomic E-state index is 12.6. The van der Waals surface area contributed by atoms with Gasteiger partial charge >= 0.3 is 12.2 Å². The maximum absolute atomic E-state index is 12.6. The molecule has 0 radical (unpaired) electrons. The van der Waals surface area contributed by atoms with E-state index in [-0.39, 0.29) is 12.5 Å². The number of nitrogens with one attached hydrogen (secondary N) is 2. The van der Waals surface area contributed by atoms with E-state index >= 15 is 0 Å². The second-order valence-corrected chi connectivity index (χ2v) is 7.08. The van der Waals surface area contributed by atoms with Gasteiger partial charge in [-0.2, -0.15) is 13.2 Å². The predicted molar refractivity (Wildman–Crippen MR) is 91.7 cm³/mol. The van der Waals surface area contributed by atoms with Crippen molar-refractivity contribution in [2.24, 2.45) is 0 Å². The number of carbonyl (C=O) groups is 2. The number of hydrogen-bond donors (Lipinski definition) is 2. The first kappa shape index (κ1) is 18.2. The number of imide groups is 1. The lowest BCUT2D eigenvalue weighted by molar-refractivity contribution is -0.134. The number of urea groups is 1. The first-order valence-electron chi connectivity index (χ1n) is 7.70. The van der Waals surface area contributed by atoms with Crippen molar-refractivity contribution < 1.29 is 22.8 Å². The molecule has 1 aliphatic rings. The van der Waals surface area contributed by atoms with Gasteiger partial charge in [-0.15, -0.1) is 11.3 Å². The number of alkyl halides is 3. The third-order valence-electron chi connectivity index (χ3n) is 4.29. The van der Waals surface area contributed by atoms with Gasteiger partial charge in [0.25, 0.3) is 5.91 Å². The molecule has 0 bridgehead atoms. The van der Waals surface area contributed by atoms with Crippen LogP contribution >= 0.6 is 11.3 Å². The zero-order chi connectivity index (χ0) is 19.1. The normalized spacial score (nSPS) is 20.4. The van der Waals surface area contributed by atoms with Gasteiger partial charge in [-0.25, -0.2) is 4.79 Å². The molecule has 1 fully saturated rings. The Labute approximate surface area is 151 Å². The molecule has 1 aromatic heterocycles. The number of amides is 3. The van der Waals surface area contributed by atoms with E-state index in [2.05, 4.69) is 10.6 Å². The lowest BCUT2D eigenvalue weighted by Crippen LogP contribution is -2.40. The number of thiophene rings is 1. The molecule has 0 saturated carbocycles. The summed E-state index contributed by atoms with van der Waals surface area (Å²) in [5.74, 6) is -0.346. The molecule has 9 heteroatoms. The molecule has 1 saturated heterocycles. The molecular weight excluding hydrogens is 367 g/mol. The minimum absolute atomic E-state index is 0.252. The third kappa shape index (κ3) is 3.26. The Morgan fingerprint density at radius 1 is 1.23 bits per heavy atom. The van der Waals surface area contributed by atoms with Crippen molar-refractivity contribution in [1.82, 2.24) is 10.2 Å². The molecule has 26 heavy (non-hydrogen) atoms. The second kappa shape index (κ2) is 6.31. The zero-order valence-electron chi connectivity index (χ0n) is 14.0. The predicted octanol–water partition coefficient (Wildman–Crippen LogP) is 3.78. The average Bonchev–Trinajstić information content (AvgIpc) is 3.14. The van der Waals surface area contributed by atoms with Gasteiger partial charge in [0, 0.05) is 19.3 Å². The number of benzene rings is 1. The van der Waals surface area contributed by atoms with Gasteiger partial charge in [-0.1, -0.05) is 12.1 Å². The highest BCUT2D eigenvalue weighted by Crippen LogP contribution is 2.34. The summed E-state index contributed by atoms with van der Waals surface area (Å²) < 4.78 is 37.8. The molecule has 138 valence electrons. The molecule has 2 heterocycles. The van der Waals surface area contributed by atoms with Crippen LogP contribution in [0.5, 0.6) is 0 Å². The lowest BCUT2D eigenvalue weighted by Gasteiger charge is -2.22. The topological polar surface area (TPSA) is 61.4 Å². The molecule has 1 aromatic carbocycles. The summed E-state index contributed by atoms with van der Waals surface area (Å²) in [4.78, 5) is 24.3. The number of hydrogen-bond acceptors (Lipinski definition) is 4. The smallest absolute Gasteiger partial charge is 0.381 e. The molecule has 1 unspecified atom stereocenters. The quantitative estimate of drug-likeness (QED) is 0.790. The van der Waals surface area contributed by atoms with Crippen molar-refractivity contribution >= 4 is 29.0 Å². The molecule has 0 aliphatic carbocycles. The van der Waals surface area contributed by atoms with Gasteiger partial charge in [0.2, 0.25) is 0 Å². The Balaban J connectivity index is 1.68. The van der Waals surface area contributed by atoms with Gasteiger partial charge in [-0.05, 0) is 41.6 Å². The summed E-state index contributed by atoms with van der Waals surface area (Å²) in [6.07, 6.45) is -4.33. The van der Waals surface area contributed by atoms with Crippen LogP contribution in [-0.2, 0) is 23.1 Å². The summed E-state index contributed by atoms with van der Waals surface area (Å²) >= 11 is 0.664. The van der Waals surface area contributed by atoms with Crippen molar-refractivity contribution in [2.45, 2.75) is 25.2 Å². The first-order chi connectivity index (χ1) is 12.1. The SMILES string of the molecule is CN1C(=O)NC(C)(c2ccc(NCc3csc(C(F)(F)F)c3)cc2)C1=O. The van der Waals surface area contributed by atoms with Gasteiger partial charge in [0.1, 0.15) is 10.4 Å². The summed E-state index contributed by atoms with van der Waals surface area (Å²) in [7, 11) is 1.41. The Bertz CT molecular complexity index is 848. The molecule has 3 rings (SSSR count). The van der Waals surface area contributed by atoms with Crippen LogP contribution in [0.3, 0.4) is 0 Å². The summed E-state index contributed by atoms with van der Waals surface area (Å²) in [5, 5.41) is 7.16. The number of rotatable bonds is 4. The van der Waals surface area contributed by atoms with Crippen molar-refractivity contribution in [1.29, 1.82) is 0 Å². The third-order valence-corrected chi connectivity index (χ3v) is 5.31. The van der Waals surface area contributed by atoms with Crippen LogP contribution in [0.25, 0.3) is 0 Å². The highest BCUT2D eigenvalue weighted by Gasteiger charge is 2.47. The molecule has 1 aliphatic heterocycles. The van der Waals surface area contributed by atoms with Crippen LogP contribution in [0.15, 0.2) is 35.7 Å². The average molecular weight is 383 g/mol. The standard InChI is InChI=1S/C17H16F3N3O2S/c1-16(14(24)23(2)15(25)22-16)11-3-5-12(6-4-11)21-8-10-7-13(26-9-10)17(18,19)20/h3-7,9,21H,8H2,1-2H3,(H,22,25). The minimum Gasteiger partial charge on any atom is -0.381 e. The van der Waals surface area contributed by atoms with Crippen LogP contribution in [0.2, 0.25) is 0 Å². The Morgan fingerprint density at radius 3 is 2.38 bits per heavy atom. The zero-order valence-corrected chi connectivity index (χ0v) is 14.8. The molecule has 1 atom stereocenters. The molecular formula is C17H16F3N3O2S. The van der Waals surface area contributed by atoms with Gasteiger partial charge in [0.15, 0.2) is 0 Å². The van der Waals surface area contributed by atoms with E-state index in [4.69, 9.17) is 0 Å². The van der Waals surface area contributed by atoms with E-state index in [1.165, 1.54) is 12.4 Å². The Hall–Kier alpha value is -2.55. The van der Waals surface area contributed by atoms with Gasteiger partial charge in [-0.3, -0.25) is 9.69 Å². The van der Waals surface area contributed by atoms with E-state index < -0.39 is 22.6 Å². The number of nitrogens with zero attached hydrogens (tertiary/aromatic N) is 1. The van der Waals surface area contributed by atoms with Crippen LogP contribution in [0.1, 0.15) is 22.9 Å². The fourth-order valence-corrected chi connectivity index (χ4v) is 3.50. The Kier molecular flexibility index (Phi) is 4.43. The maximum Gasteiger partial charge on any atom is 0.425 e. The van der Waals surface area contributed by atoms with Gasteiger partial charge in [0.05, 0.1) is 0 Å². The molecule has 5 nitrogen and oxygen atoms in total. The van der Waals surface area contributed by atoms with Crippen molar-refractivity contribution in [2.75, 3.05) is 12.4 Å².